The third kappa shape index (κ3) is 4.84. The number of benzene rings is 1. The van der Waals surface area contributed by atoms with Crippen molar-refractivity contribution in [2.45, 2.75) is 27.3 Å². The molecule has 1 aromatic carbocycles. The lowest BCUT2D eigenvalue weighted by atomic mass is 10.1. The monoisotopic (exact) mass is 252 g/mol. The van der Waals surface area contributed by atoms with Crippen molar-refractivity contribution in [3.63, 3.8) is 0 Å². The van der Waals surface area contributed by atoms with Crippen LogP contribution in [0.5, 0.6) is 0 Å². The molecular weight excluding hydrogens is 231 g/mol. The molecule has 0 radical (unpaired) electrons. The molecule has 0 saturated heterocycles. The Morgan fingerprint density at radius 2 is 2.06 bits per heavy atom. The third-order valence-electron chi connectivity index (χ3n) is 2.75. The van der Waals surface area contributed by atoms with Crippen molar-refractivity contribution in [2.24, 2.45) is 5.92 Å². The van der Waals surface area contributed by atoms with Crippen molar-refractivity contribution in [1.29, 1.82) is 0 Å². The van der Waals surface area contributed by atoms with E-state index in [2.05, 4.69) is 10.6 Å². The minimum absolute atomic E-state index is 0.0179. The quantitative estimate of drug-likeness (QED) is 0.760. The van der Waals surface area contributed by atoms with Crippen LogP contribution in [-0.4, -0.2) is 19.0 Å². The molecule has 0 unspecified atom stereocenters. The molecule has 0 aliphatic rings. The second-order valence-corrected chi connectivity index (χ2v) is 4.69. The number of amides is 1. The van der Waals surface area contributed by atoms with Crippen molar-refractivity contribution in [2.75, 3.05) is 13.1 Å². The molecule has 0 spiro atoms. The van der Waals surface area contributed by atoms with E-state index in [4.69, 9.17) is 0 Å². The fourth-order valence-electron chi connectivity index (χ4n) is 1.56. The lowest BCUT2D eigenvalue weighted by molar-refractivity contribution is -0.123. The first kappa shape index (κ1) is 14.6. The SMILES string of the molecule is Cc1cc(F)ccc1CNCCNC(=O)C(C)C. The zero-order valence-corrected chi connectivity index (χ0v) is 11.2. The molecule has 18 heavy (non-hydrogen) atoms. The van der Waals surface area contributed by atoms with Gasteiger partial charge in [0.05, 0.1) is 0 Å². The van der Waals surface area contributed by atoms with Crippen LogP contribution < -0.4 is 10.6 Å². The summed E-state index contributed by atoms with van der Waals surface area (Å²) in [6.07, 6.45) is 0. The predicted octanol–water partition coefficient (Wildman–Crippen LogP) is 2.00. The number of carbonyl (C=O) groups is 1. The molecule has 2 N–H and O–H groups in total. The topological polar surface area (TPSA) is 41.1 Å². The van der Waals surface area contributed by atoms with Crippen LogP contribution in [0.1, 0.15) is 25.0 Å². The van der Waals surface area contributed by atoms with E-state index in [1.54, 1.807) is 6.07 Å². The minimum Gasteiger partial charge on any atom is -0.355 e. The van der Waals surface area contributed by atoms with Gasteiger partial charge in [0, 0.05) is 25.6 Å². The highest BCUT2D eigenvalue weighted by molar-refractivity contribution is 5.77. The Labute approximate surface area is 108 Å². The van der Waals surface area contributed by atoms with E-state index in [0.717, 1.165) is 11.1 Å². The molecule has 1 amide bonds. The number of aryl methyl sites for hydroxylation is 1. The van der Waals surface area contributed by atoms with Gasteiger partial charge in [-0.05, 0) is 30.2 Å². The highest BCUT2D eigenvalue weighted by Gasteiger charge is 2.04. The van der Waals surface area contributed by atoms with Crippen molar-refractivity contribution in [3.8, 4) is 0 Å². The van der Waals surface area contributed by atoms with E-state index in [-0.39, 0.29) is 17.6 Å². The van der Waals surface area contributed by atoms with E-state index in [0.29, 0.717) is 19.6 Å². The van der Waals surface area contributed by atoms with Crippen LogP contribution in [0.25, 0.3) is 0 Å². The van der Waals surface area contributed by atoms with Gasteiger partial charge >= 0.3 is 0 Å². The van der Waals surface area contributed by atoms with Crippen molar-refractivity contribution >= 4 is 5.91 Å². The molecule has 1 aromatic rings. The van der Waals surface area contributed by atoms with Gasteiger partial charge in [0.1, 0.15) is 5.82 Å². The van der Waals surface area contributed by atoms with Gasteiger partial charge in [-0.25, -0.2) is 4.39 Å². The van der Waals surface area contributed by atoms with Crippen LogP contribution in [0.2, 0.25) is 0 Å². The summed E-state index contributed by atoms with van der Waals surface area (Å²) in [5.41, 5.74) is 2.01. The summed E-state index contributed by atoms with van der Waals surface area (Å²) < 4.78 is 12.9. The summed E-state index contributed by atoms with van der Waals surface area (Å²) in [7, 11) is 0. The highest BCUT2D eigenvalue weighted by Crippen LogP contribution is 2.09. The molecule has 1 rings (SSSR count). The Hall–Kier alpha value is -1.42. The molecule has 4 heteroatoms. The minimum atomic E-state index is -0.208. The summed E-state index contributed by atoms with van der Waals surface area (Å²) in [6.45, 7) is 7.62. The van der Waals surface area contributed by atoms with Crippen LogP contribution in [0.4, 0.5) is 4.39 Å². The molecule has 100 valence electrons. The molecule has 0 saturated carbocycles. The lowest BCUT2D eigenvalue weighted by Crippen LogP contribution is -2.34. The Kier molecular flexibility index (Phi) is 5.78. The molecule has 0 fully saturated rings. The highest BCUT2D eigenvalue weighted by atomic mass is 19.1. The van der Waals surface area contributed by atoms with Gasteiger partial charge in [-0.3, -0.25) is 4.79 Å². The maximum Gasteiger partial charge on any atom is 0.222 e. The standard InChI is InChI=1S/C14H21FN2O/c1-10(2)14(18)17-7-6-16-9-12-4-5-13(15)8-11(12)3/h4-5,8,10,16H,6-7,9H2,1-3H3,(H,17,18). The van der Waals surface area contributed by atoms with Gasteiger partial charge in [-0.1, -0.05) is 19.9 Å². The summed E-state index contributed by atoms with van der Waals surface area (Å²) in [4.78, 5) is 11.3. The van der Waals surface area contributed by atoms with Gasteiger partial charge in [0.15, 0.2) is 0 Å². The number of carbonyl (C=O) groups excluding carboxylic acids is 1. The molecule has 0 bridgehead atoms. The maximum absolute atomic E-state index is 12.9. The normalized spacial score (nSPS) is 10.7. The third-order valence-corrected chi connectivity index (χ3v) is 2.75. The van der Waals surface area contributed by atoms with Crippen molar-refractivity contribution < 1.29 is 9.18 Å². The Balaban J connectivity index is 2.24. The molecule has 3 nitrogen and oxygen atoms in total. The molecule has 0 aromatic heterocycles. The number of hydrogen-bond acceptors (Lipinski definition) is 2. The number of nitrogens with one attached hydrogen (secondary N) is 2. The molecule has 0 aliphatic carbocycles. The fraction of sp³-hybridized carbons (Fsp3) is 0.500. The first-order valence-electron chi connectivity index (χ1n) is 6.24. The zero-order chi connectivity index (χ0) is 13.5. The smallest absolute Gasteiger partial charge is 0.222 e. The summed E-state index contributed by atoms with van der Waals surface area (Å²) in [5, 5.41) is 6.05. The Morgan fingerprint density at radius 1 is 1.33 bits per heavy atom. The van der Waals surface area contributed by atoms with E-state index >= 15 is 0 Å². The first-order valence-corrected chi connectivity index (χ1v) is 6.24. The predicted molar refractivity (Wildman–Crippen MR) is 70.7 cm³/mol. The molecule has 0 heterocycles. The molecular formula is C14H21FN2O. The number of halogens is 1. The van der Waals surface area contributed by atoms with E-state index in [9.17, 15) is 9.18 Å². The lowest BCUT2D eigenvalue weighted by Gasteiger charge is -2.10. The van der Waals surface area contributed by atoms with Crippen LogP contribution in [0.3, 0.4) is 0 Å². The van der Waals surface area contributed by atoms with Crippen LogP contribution in [0, 0.1) is 18.7 Å². The average molecular weight is 252 g/mol. The van der Waals surface area contributed by atoms with Crippen LogP contribution in [0.15, 0.2) is 18.2 Å². The Bertz CT molecular complexity index is 405. The second kappa shape index (κ2) is 7.11. The van der Waals surface area contributed by atoms with Crippen LogP contribution in [-0.2, 0) is 11.3 Å². The fourth-order valence-corrected chi connectivity index (χ4v) is 1.56. The second-order valence-electron chi connectivity index (χ2n) is 4.69. The maximum atomic E-state index is 12.9. The summed E-state index contributed by atoms with van der Waals surface area (Å²) >= 11 is 0. The van der Waals surface area contributed by atoms with Gasteiger partial charge < -0.3 is 10.6 Å². The molecule has 0 aliphatic heterocycles. The number of rotatable bonds is 6. The van der Waals surface area contributed by atoms with Crippen molar-refractivity contribution in [3.05, 3.63) is 35.1 Å². The van der Waals surface area contributed by atoms with Gasteiger partial charge in [0.2, 0.25) is 5.91 Å². The largest absolute Gasteiger partial charge is 0.355 e. The van der Waals surface area contributed by atoms with E-state index < -0.39 is 0 Å². The van der Waals surface area contributed by atoms with Gasteiger partial charge in [-0.15, -0.1) is 0 Å². The van der Waals surface area contributed by atoms with Gasteiger partial charge in [-0.2, -0.15) is 0 Å². The van der Waals surface area contributed by atoms with E-state index in [1.807, 2.05) is 20.8 Å². The number of hydrogen-bond donors (Lipinski definition) is 2. The average Bonchev–Trinajstić information content (AvgIpc) is 2.30. The first-order chi connectivity index (χ1) is 8.50. The Morgan fingerprint density at radius 3 is 2.67 bits per heavy atom. The summed E-state index contributed by atoms with van der Waals surface area (Å²) in [6, 6.07) is 4.77. The van der Waals surface area contributed by atoms with E-state index in [1.165, 1.54) is 12.1 Å². The molecule has 0 atom stereocenters. The van der Waals surface area contributed by atoms with Crippen LogP contribution >= 0.6 is 0 Å². The van der Waals surface area contributed by atoms with Crippen molar-refractivity contribution in [1.82, 2.24) is 10.6 Å². The zero-order valence-electron chi connectivity index (χ0n) is 11.2. The summed E-state index contributed by atoms with van der Waals surface area (Å²) in [5.74, 6) is -0.125. The van der Waals surface area contributed by atoms with Gasteiger partial charge in [0.25, 0.3) is 0 Å².